The van der Waals surface area contributed by atoms with Crippen molar-refractivity contribution in [2.45, 2.75) is 19.4 Å². The van der Waals surface area contributed by atoms with Crippen molar-refractivity contribution in [1.29, 1.82) is 0 Å². The number of fused-ring (bicyclic) bond motifs is 1. The number of benzene rings is 2. The van der Waals surface area contributed by atoms with E-state index in [9.17, 15) is 0 Å². The first-order valence-corrected chi connectivity index (χ1v) is 7.33. The van der Waals surface area contributed by atoms with Gasteiger partial charge in [-0.25, -0.2) is 0 Å². The van der Waals surface area contributed by atoms with E-state index in [2.05, 4.69) is 72.7 Å². The summed E-state index contributed by atoms with van der Waals surface area (Å²) in [4.78, 5) is 2.33. The maximum Gasteiger partial charge on any atom is 0.0500 e. The number of hydrogen-bond donors (Lipinski definition) is 1. The molecular weight excluding hydrogens is 244 g/mol. The minimum absolute atomic E-state index is 0.422. The fourth-order valence-electron chi connectivity index (χ4n) is 2.93. The molecule has 1 atom stereocenters. The zero-order valence-corrected chi connectivity index (χ0v) is 12.3. The molecule has 1 unspecified atom stereocenters. The van der Waals surface area contributed by atoms with Gasteiger partial charge in [0.15, 0.2) is 0 Å². The van der Waals surface area contributed by atoms with E-state index < -0.39 is 0 Å². The van der Waals surface area contributed by atoms with Gasteiger partial charge < -0.3 is 10.2 Å². The molecule has 0 saturated heterocycles. The molecule has 3 rings (SSSR count). The number of anilines is 1. The predicted octanol–water partition coefficient (Wildman–Crippen LogP) is 3.32. The Morgan fingerprint density at radius 2 is 1.85 bits per heavy atom. The molecule has 0 spiro atoms. The lowest BCUT2D eigenvalue weighted by Crippen LogP contribution is -2.37. The monoisotopic (exact) mass is 266 g/mol. The Bertz CT molecular complexity index is 574. The van der Waals surface area contributed by atoms with Crippen LogP contribution in [-0.4, -0.2) is 20.1 Å². The molecule has 0 saturated carbocycles. The molecule has 0 fully saturated rings. The Hall–Kier alpha value is -1.80. The van der Waals surface area contributed by atoms with E-state index in [-0.39, 0.29) is 0 Å². The topological polar surface area (TPSA) is 15.3 Å². The van der Waals surface area contributed by atoms with Crippen LogP contribution >= 0.6 is 0 Å². The molecule has 1 aliphatic rings. The van der Waals surface area contributed by atoms with Gasteiger partial charge in [0, 0.05) is 19.3 Å². The normalized spacial score (nSPS) is 17.6. The number of likely N-dealkylation sites (N-methyl/N-ethyl adjacent to an activating group) is 1. The fraction of sp³-hybridized carbons (Fsp3) is 0.333. The third-order valence-electron chi connectivity index (χ3n) is 4.15. The number of nitrogens with zero attached hydrogens (tertiary/aromatic N) is 1. The van der Waals surface area contributed by atoms with E-state index in [1.165, 1.54) is 22.4 Å². The Labute approximate surface area is 121 Å². The zero-order valence-electron chi connectivity index (χ0n) is 12.3. The largest absolute Gasteiger partial charge is 0.373 e. The summed E-state index contributed by atoms with van der Waals surface area (Å²) in [6.45, 7) is 4.20. The van der Waals surface area contributed by atoms with Crippen molar-refractivity contribution >= 4 is 5.69 Å². The molecule has 1 N–H and O–H groups in total. The van der Waals surface area contributed by atoms with Crippen molar-refractivity contribution in [3.8, 4) is 0 Å². The molecule has 0 bridgehead atoms. The molecule has 0 aromatic heterocycles. The maximum atomic E-state index is 3.65. The maximum absolute atomic E-state index is 3.65. The van der Waals surface area contributed by atoms with Gasteiger partial charge in [0.05, 0.1) is 6.04 Å². The number of rotatable bonds is 3. The molecular formula is C18H22N2. The first-order valence-electron chi connectivity index (χ1n) is 7.33. The summed E-state index contributed by atoms with van der Waals surface area (Å²) in [5, 5.41) is 3.65. The molecule has 104 valence electrons. The van der Waals surface area contributed by atoms with Crippen LogP contribution in [0.25, 0.3) is 0 Å². The average Bonchev–Trinajstić information content (AvgIpc) is 2.48. The second-order valence-electron chi connectivity index (χ2n) is 5.67. The van der Waals surface area contributed by atoms with Crippen LogP contribution in [0.5, 0.6) is 0 Å². The van der Waals surface area contributed by atoms with Crippen molar-refractivity contribution in [2.24, 2.45) is 0 Å². The molecule has 0 radical (unpaired) electrons. The lowest BCUT2D eigenvalue weighted by Gasteiger charge is -2.31. The van der Waals surface area contributed by atoms with Crippen molar-refractivity contribution in [1.82, 2.24) is 5.32 Å². The van der Waals surface area contributed by atoms with Crippen molar-refractivity contribution in [3.05, 3.63) is 65.2 Å². The van der Waals surface area contributed by atoms with Crippen molar-refractivity contribution in [2.75, 3.05) is 25.0 Å². The lowest BCUT2D eigenvalue weighted by molar-refractivity contribution is 0.505. The van der Waals surface area contributed by atoms with E-state index in [1.807, 2.05) is 0 Å². The van der Waals surface area contributed by atoms with Crippen LogP contribution in [0.1, 0.15) is 22.7 Å². The fourth-order valence-corrected chi connectivity index (χ4v) is 2.93. The second-order valence-corrected chi connectivity index (χ2v) is 5.67. The van der Waals surface area contributed by atoms with E-state index >= 15 is 0 Å². The summed E-state index contributed by atoms with van der Waals surface area (Å²) in [7, 11) is 2.17. The number of aryl methyl sites for hydroxylation is 1. The summed E-state index contributed by atoms with van der Waals surface area (Å²) >= 11 is 0. The van der Waals surface area contributed by atoms with Crippen LogP contribution < -0.4 is 10.2 Å². The van der Waals surface area contributed by atoms with Crippen LogP contribution in [0.2, 0.25) is 0 Å². The Morgan fingerprint density at radius 3 is 2.65 bits per heavy atom. The summed E-state index contributed by atoms with van der Waals surface area (Å²) in [5.41, 5.74) is 5.54. The summed E-state index contributed by atoms with van der Waals surface area (Å²) in [5.74, 6) is 0. The van der Waals surface area contributed by atoms with Crippen molar-refractivity contribution in [3.63, 3.8) is 0 Å². The Balaban J connectivity index is 1.77. The quantitative estimate of drug-likeness (QED) is 0.917. The highest BCUT2D eigenvalue weighted by atomic mass is 15.1. The van der Waals surface area contributed by atoms with Crippen molar-refractivity contribution < 1.29 is 0 Å². The highest BCUT2D eigenvalue weighted by molar-refractivity contribution is 5.47. The third-order valence-corrected chi connectivity index (χ3v) is 4.15. The van der Waals surface area contributed by atoms with Crippen LogP contribution in [0, 0.1) is 6.92 Å². The number of nitrogens with one attached hydrogen (secondary N) is 1. The first-order chi connectivity index (χ1) is 9.74. The van der Waals surface area contributed by atoms with E-state index in [0.717, 1.165) is 19.5 Å². The zero-order chi connectivity index (χ0) is 13.9. The summed E-state index contributed by atoms with van der Waals surface area (Å²) in [6.07, 6.45) is 1.14. The van der Waals surface area contributed by atoms with E-state index in [1.54, 1.807) is 0 Å². The van der Waals surface area contributed by atoms with Crippen LogP contribution in [-0.2, 0) is 6.42 Å². The summed E-state index contributed by atoms with van der Waals surface area (Å²) < 4.78 is 0. The van der Waals surface area contributed by atoms with Gasteiger partial charge in [-0.1, -0.05) is 42.0 Å². The lowest BCUT2D eigenvalue weighted by atomic mass is 9.94. The standard InChI is InChI=1S/C18H22N2/c1-14-7-9-16(10-8-14)20(2)13-18-17-6-4-3-5-15(17)11-12-19-18/h3-10,18-19H,11-13H2,1-2H3. The van der Waals surface area contributed by atoms with Crippen LogP contribution in [0.4, 0.5) is 5.69 Å². The van der Waals surface area contributed by atoms with Gasteiger partial charge in [-0.2, -0.15) is 0 Å². The average molecular weight is 266 g/mol. The highest BCUT2D eigenvalue weighted by Crippen LogP contribution is 2.25. The van der Waals surface area contributed by atoms with Crippen LogP contribution in [0.15, 0.2) is 48.5 Å². The second kappa shape index (κ2) is 5.68. The smallest absolute Gasteiger partial charge is 0.0500 e. The van der Waals surface area contributed by atoms with E-state index in [4.69, 9.17) is 0 Å². The van der Waals surface area contributed by atoms with Gasteiger partial charge in [-0.3, -0.25) is 0 Å². The van der Waals surface area contributed by atoms with Gasteiger partial charge in [-0.15, -0.1) is 0 Å². The van der Waals surface area contributed by atoms with Crippen LogP contribution in [0.3, 0.4) is 0 Å². The van der Waals surface area contributed by atoms with Gasteiger partial charge in [0.2, 0.25) is 0 Å². The molecule has 1 heterocycles. The molecule has 2 aromatic rings. The Morgan fingerprint density at radius 1 is 1.10 bits per heavy atom. The summed E-state index contributed by atoms with van der Waals surface area (Å²) in [6, 6.07) is 18.0. The predicted molar refractivity (Wildman–Crippen MR) is 85.3 cm³/mol. The van der Waals surface area contributed by atoms with Gasteiger partial charge in [-0.05, 0) is 43.1 Å². The van der Waals surface area contributed by atoms with Gasteiger partial charge in [0.25, 0.3) is 0 Å². The minimum atomic E-state index is 0.422. The van der Waals surface area contributed by atoms with Gasteiger partial charge >= 0.3 is 0 Å². The Kier molecular flexibility index (Phi) is 3.75. The molecule has 0 aliphatic carbocycles. The molecule has 2 aromatic carbocycles. The number of hydrogen-bond acceptors (Lipinski definition) is 2. The SMILES string of the molecule is Cc1ccc(N(C)CC2NCCc3ccccc32)cc1. The first kappa shape index (κ1) is 13.2. The molecule has 0 amide bonds. The molecule has 2 nitrogen and oxygen atoms in total. The van der Waals surface area contributed by atoms with Gasteiger partial charge in [0.1, 0.15) is 0 Å². The molecule has 20 heavy (non-hydrogen) atoms. The highest BCUT2D eigenvalue weighted by Gasteiger charge is 2.20. The third kappa shape index (κ3) is 2.70. The minimum Gasteiger partial charge on any atom is -0.373 e. The molecule has 1 aliphatic heterocycles. The molecule has 2 heteroatoms. The van der Waals surface area contributed by atoms with E-state index in [0.29, 0.717) is 6.04 Å².